The van der Waals surface area contributed by atoms with Gasteiger partial charge in [-0.1, -0.05) is 374 Å². The average molecular weight is 1440 g/mol. The fraction of sp³-hybridized carbons (Fsp3) is 0.591. The lowest BCUT2D eigenvalue weighted by molar-refractivity contribution is -0.161. The normalized spacial score (nSPS) is 14.0. The molecule has 0 saturated heterocycles. The Labute approximate surface area is 632 Å². The molecule has 10 heteroatoms. The number of rotatable bonds is 75. The molecule has 3 N–H and O–H groups in total. The molecule has 0 spiro atoms. The molecule has 9 nitrogen and oxygen atoms in total. The standard InChI is InChI=1S/C93H150NO8P/c1-3-5-7-9-11-13-15-17-19-21-23-25-27-29-31-33-35-37-39-41-43-45-47-49-51-53-55-57-59-61-63-65-67-69-71-73-75-77-79-81-83-85-92(95)99-89-91(90-101-103(97,98)100-88-87-94)102-93(96)86-84-82-80-78-76-74-72-70-68-66-64-62-60-58-56-54-52-50-48-46-44-42-40-38-36-34-32-30-28-26-24-22-20-18-16-14-12-10-8-6-4-2/h5-8,11-14,17-20,23-26,29-32,35-38,41-44,47-50,54,56,60,62,91H,3-4,9-10,15-16,21-22,27-28,33-34,39-40,45-46,51-53,55,57-59,61,63-90,94H2,1-2H3,(H,97,98)/b7-5-,8-6-,13-11-,14-12-,19-17-,20-18-,25-23-,26-24-,31-29-,32-30-,37-35-,38-36-,43-41-,44-42-,49-47-,50-48-,56-54-,62-60-. The van der Waals surface area contributed by atoms with Crippen molar-refractivity contribution in [3.05, 3.63) is 219 Å². The Morgan fingerprint density at radius 2 is 0.505 bits per heavy atom. The zero-order chi connectivity index (χ0) is 74.3. The Morgan fingerprint density at radius 3 is 0.748 bits per heavy atom. The molecule has 0 aromatic rings. The van der Waals surface area contributed by atoms with Gasteiger partial charge in [-0.2, -0.15) is 0 Å². The first-order valence-electron chi connectivity index (χ1n) is 41.2. The van der Waals surface area contributed by atoms with Crippen molar-refractivity contribution in [3.63, 3.8) is 0 Å². The molecule has 0 aromatic carbocycles. The van der Waals surface area contributed by atoms with Gasteiger partial charge in [-0.3, -0.25) is 18.6 Å². The van der Waals surface area contributed by atoms with Gasteiger partial charge in [0.1, 0.15) is 6.61 Å². The second-order valence-electron chi connectivity index (χ2n) is 26.5. The molecule has 0 amide bonds. The van der Waals surface area contributed by atoms with E-state index in [1.165, 1.54) is 128 Å². The van der Waals surface area contributed by atoms with Gasteiger partial charge in [0, 0.05) is 19.4 Å². The van der Waals surface area contributed by atoms with E-state index < -0.39 is 26.5 Å². The number of hydrogen-bond donors (Lipinski definition) is 2. The van der Waals surface area contributed by atoms with E-state index in [0.29, 0.717) is 6.42 Å². The van der Waals surface area contributed by atoms with Crippen LogP contribution in [-0.2, 0) is 32.7 Å². The third-order valence-electron chi connectivity index (χ3n) is 16.9. The average Bonchev–Trinajstić information content (AvgIpc) is 0.970. The second kappa shape index (κ2) is 85.3. The van der Waals surface area contributed by atoms with Crippen LogP contribution in [0.2, 0.25) is 0 Å². The molecular formula is C93H150NO8P. The fourth-order valence-corrected chi connectivity index (χ4v) is 11.6. The quantitative estimate of drug-likeness (QED) is 0.0264. The van der Waals surface area contributed by atoms with Crippen LogP contribution in [0.15, 0.2) is 219 Å². The van der Waals surface area contributed by atoms with Gasteiger partial charge in [0.15, 0.2) is 6.10 Å². The molecule has 580 valence electrons. The predicted molar refractivity (Wildman–Crippen MR) is 449 cm³/mol. The van der Waals surface area contributed by atoms with Crippen molar-refractivity contribution in [2.45, 2.75) is 328 Å². The van der Waals surface area contributed by atoms with Crippen LogP contribution >= 0.6 is 7.82 Å². The van der Waals surface area contributed by atoms with Gasteiger partial charge in [-0.05, 0) is 154 Å². The number of ether oxygens (including phenoxy) is 2. The first kappa shape index (κ1) is 97.3. The summed E-state index contributed by atoms with van der Waals surface area (Å²) in [6, 6.07) is 0. The number of hydrogen-bond acceptors (Lipinski definition) is 8. The van der Waals surface area contributed by atoms with Crippen LogP contribution in [0.1, 0.15) is 322 Å². The van der Waals surface area contributed by atoms with Crippen LogP contribution in [-0.4, -0.2) is 49.3 Å². The highest BCUT2D eigenvalue weighted by atomic mass is 31.2. The number of esters is 2. The van der Waals surface area contributed by atoms with Crippen LogP contribution in [0, 0.1) is 0 Å². The minimum Gasteiger partial charge on any atom is -0.462 e. The van der Waals surface area contributed by atoms with Crippen molar-refractivity contribution >= 4 is 19.8 Å². The summed E-state index contributed by atoms with van der Waals surface area (Å²) in [6.07, 6.45) is 132. The zero-order valence-corrected chi connectivity index (χ0v) is 66.4. The van der Waals surface area contributed by atoms with E-state index >= 15 is 0 Å². The van der Waals surface area contributed by atoms with Gasteiger partial charge in [0.25, 0.3) is 0 Å². The summed E-state index contributed by atoms with van der Waals surface area (Å²) in [5, 5.41) is 0. The topological polar surface area (TPSA) is 134 Å². The van der Waals surface area contributed by atoms with Crippen molar-refractivity contribution in [3.8, 4) is 0 Å². The molecule has 0 rings (SSSR count). The van der Waals surface area contributed by atoms with E-state index in [1.54, 1.807) is 0 Å². The van der Waals surface area contributed by atoms with E-state index in [2.05, 4.69) is 233 Å². The summed E-state index contributed by atoms with van der Waals surface area (Å²) in [5.74, 6) is -0.837. The molecule has 0 bridgehead atoms. The first-order chi connectivity index (χ1) is 50.8. The molecular weight excluding hydrogens is 1290 g/mol. The SMILES string of the molecule is CC/C=C\C/C=C\C/C=C\C/C=C\C/C=C\C/C=C\C/C=C\C/C=C\C/C=C\C/C=C\CCCCCCCCCCCCC(=O)OC(COC(=O)CCCCCCCCCCCCCCCCCC/C=C\C/C=C\C/C=C\C/C=C\C/C=C\C/C=C\C/C=C\C/C=C\CC)COP(=O)(O)OCCN. The van der Waals surface area contributed by atoms with E-state index in [1.807, 2.05) is 0 Å². The number of phosphoric ester groups is 1. The fourth-order valence-electron chi connectivity index (χ4n) is 10.9. The van der Waals surface area contributed by atoms with Gasteiger partial charge in [0.2, 0.25) is 0 Å². The summed E-state index contributed by atoms with van der Waals surface area (Å²) in [5.41, 5.74) is 5.42. The van der Waals surface area contributed by atoms with Crippen LogP contribution in [0.4, 0.5) is 0 Å². The molecule has 0 aliphatic carbocycles. The van der Waals surface area contributed by atoms with Crippen LogP contribution in [0.25, 0.3) is 0 Å². The molecule has 0 fully saturated rings. The highest BCUT2D eigenvalue weighted by molar-refractivity contribution is 7.47. The number of allylic oxidation sites excluding steroid dienone is 36. The monoisotopic (exact) mass is 1440 g/mol. The molecule has 0 aromatic heterocycles. The van der Waals surface area contributed by atoms with Gasteiger partial charge in [-0.15, -0.1) is 0 Å². The maximum absolute atomic E-state index is 12.8. The highest BCUT2D eigenvalue weighted by Gasteiger charge is 2.26. The summed E-state index contributed by atoms with van der Waals surface area (Å²) in [4.78, 5) is 35.5. The molecule has 0 saturated carbocycles. The lowest BCUT2D eigenvalue weighted by Crippen LogP contribution is -2.29. The third-order valence-corrected chi connectivity index (χ3v) is 17.8. The van der Waals surface area contributed by atoms with Gasteiger partial charge in [-0.25, -0.2) is 4.57 Å². The van der Waals surface area contributed by atoms with Crippen LogP contribution in [0.5, 0.6) is 0 Å². The number of carbonyl (C=O) groups is 2. The van der Waals surface area contributed by atoms with Crippen LogP contribution in [0.3, 0.4) is 0 Å². The third kappa shape index (κ3) is 85.2. The number of unbranched alkanes of at least 4 members (excludes halogenated alkanes) is 26. The number of phosphoric acid groups is 1. The van der Waals surface area contributed by atoms with Crippen molar-refractivity contribution < 1.29 is 37.6 Å². The summed E-state index contributed by atoms with van der Waals surface area (Å²) in [6.45, 7) is 3.51. The van der Waals surface area contributed by atoms with Crippen molar-refractivity contribution in [1.82, 2.24) is 0 Å². The molecule has 0 radical (unpaired) electrons. The second-order valence-corrected chi connectivity index (χ2v) is 28.0. The molecule has 2 unspecified atom stereocenters. The molecule has 2 atom stereocenters. The minimum atomic E-state index is -4.41. The smallest absolute Gasteiger partial charge is 0.462 e. The number of carbonyl (C=O) groups excluding carboxylic acids is 2. The molecule has 0 heterocycles. The van der Waals surface area contributed by atoms with Gasteiger partial charge in [0.05, 0.1) is 13.2 Å². The van der Waals surface area contributed by atoms with E-state index in [9.17, 15) is 19.0 Å². The van der Waals surface area contributed by atoms with Gasteiger partial charge < -0.3 is 20.1 Å². The van der Waals surface area contributed by atoms with Crippen LogP contribution < -0.4 is 5.73 Å². The Kier molecular flexibility index (Phi) is 80.6. The Hall–Kier alpha value is -5.67. The number of nitrogens with two attached hydrogens (primary N) is 1. The lowest BCUT2D eigenvalue weighted by Gasteiger charge is -2.19. The predicted octanol–water partition coefficient (Wildman–Crippen LogP) is 28.3. The van der Waals surface area contributed by atoms with E-state index in [-0.39, 0.29) is 38.6 Å². The molecule has 0 aliphatic rings. The van der Waals surface area contributed by atoms with Crippen molar-refractivity contribution in [2.24, 2.45) is 5.73 Å². The molecule has 103 heavy (non-hydrogen) atoms. The van der Waals surface area contributed by atoms with E-state index in [4.69, 9.17) is 24.3 Å². The minimum absolute atomic E-state index is 0.0443. The van der Waals surface area contributed by atoms with E-state index in [0.717, 1.165) is 161 Å². The zero-order valence-electron chi connectivity index (χ0n) is 65.5. The maximum Gasteiger partial charge on any atom is 0.472 e. The largest absolute Gasteiger partial charge is 0.472 e. The maximum atomic E-state index is 12.8. The Morgan fingerprint density at radius 1 is 0.291 bits per heavy atom. The molecule has 0 aliphatic heterocycles. The van der Waals surface area contributed by atoms with Crippen molar-refractivity contribution in [2.75, 3.05) is 26.4 Å². The van der Waals surface area contributed by atoms with Gasteiger partial charge >= 0.3 is 19.8 Å². The first-order valence-corrected chi connectivity index (χ1v) is 42.7. The summed E-state index contributed by atoms with van der Waals surface area (Å²) >= 11 is 0. The lowest BCUT2D eigenvalue weighted by atomic mass is 10.0. The van der Waals surface area contributed by atoms with Crippen molar-refractivity contribution in [1.29, 1.82) is 0 Å². The summed E-state index contributed by atoms with van der Waals surface area (Å²) in [7, 11) is -4.41. The highest BCUT2D eigenvalue weighted by Crippen LogP contribution is 2.43. The summed E-state index contributed by atoms with van der Waals surface area (Å²) < 4.78 is 33.3. The Bertz CT molecular complexity index is 2510. The Balaban J connectivity index is 3.90.